The fraction of sp³-hybridized carbons (Fsp3) is 0.250. The van der Waals surface area contributed by atoms with E-state index in [0.29, 0.717) is 0 Å². The Morgan fingerprint density at radius 2 is 2.75 bits per heavy atom. The van der Waals surface area contributed by atoms with Gasteiger partial charge in [-0.15, -0.1) is 0 Å². The van der Waals surface area contributed by atoms with Crippen molar-refractivity contribution in [2.45, 2.75) is 0 Å². The normalized spacial score (nSPS) is 18.8. The minimum atomic E-state index is -2.37. The summed E-state index contributed by atoms with van der Waals surface area (Å²) in [5.41, 5.74) is 0. The zero-order valence-corrected chi connectivity index (χ0v) is 6.82. The van der Waals surface area contributed by atoms with Crippen molar-refractivity contribution in [1.82, 2.24) is 9.55 Å². The Balaban J connectivity index is 3.32. The van der Waals surface area contributed by atoms with Gasteiger partial charge in [0, 0.05) is 17.3 Å². The number of aromatic nitrogens is 2. The monoisotopic (exact) mass is 242 g/mol. The predicted octanol–water partition coefficient (Wildman–Crippen LogP) is 1.95. The van der Waals surface area contributed by atoms with Crippen molar-refractivity contribution in [3.8, 4) is 0 Å². The molecule has 0 amide bonds. The van der Waals surface area contributed by atoms with Gasteiger partial charge in [-0.3, -0.25) is 0 Å². The molecule has 0 aliphatic carbocycles. The zero-order valence-electron chi connectivity index (χ0n) is 7.65. The van der Waals surface area contributed by atoms with E-state index in [4.69, 9.17) is 5.48 Å². The maximum atomic E-state index is 7.34. The molecule has 0 saturated heterocycles. The van der Waals surface area contributed by atoms with Crippen LogP contribution in [0.3, 0.4) is 0 Å². The first-order valence-electron chi connectivity index (χ1n) is 3.75. The Morgan fingerprint density at radius 3 is 3.00 bits per heavy atom. The van der Waals surface area contributed by atoms with Crippen LogP contribution in [0.4, 0.5) is 0 Å². The summed E-state index contributed by atoms with van der Waals surface area (Å²) in [5.74, 6) is 0. The summed E-state index contributed by atoms with van der Waals surface area (Å²) in [5, 5.41) is 0. The summed E-state index contributed by atoms with van der Waals surface area (Å²) in [6.45, 7) is -2.37. The van der Waals surface area contributed by atoms with Crippen molar-refractivity contribution >= 4 is 31.9 Å². The van der Waals surface area contributed by atoms with E-state index in [-0.39, 0.29) is 15.5 Å². The lowest BCUT2D eigenvalue weighted by Crippen LogP contribution is -1.82. The largest absolute Gasteiger partial charge is 0.328 e. The van der Waals surface area contributed by atoms with Crippen molar-refractivity contribution < 1.29 is 5.48 Å². The van der Waals surface area contributed by atoms with E-state index in [1.807, 2.05) is 0 Å². The van der Waals surface area contributed by atoms with Crippen LogP contribution in [0.1, 0.15) is 5.48 Å². The van der Waals surface area contributed by atoms with E-state index in [9.17, 15) is 0 Å². The highest BCUT2D eigenvalue weighted by Gasteiger charge is 1.95. The lowest BCUT2D eigenvalue weighted by Gasteiger charge is -1.84. The third kappa shape index (κ3) is 1.11. The highest BCUT2D eigenvalue weighted by atomic mass is 79.9. The number of nitrogens with zero attached hydrogens (tertiary/aromatic N) is 2. The van der Waals surface area contributed by atoms with Crippen molar-refractivity contribution in [3.05, 3.63) is 15.5 Å². The second-order valence-electron chi connectivity index (χ2n) is 1.12. The van der Waals surface area contributed by atoms with Gasteiger partial charge in [0.25, 0.3) is 0 Å². The van der Waals surface area contributed by atoms with E-state index >= 15 is 0 Å². The third-order valence-corrected chi connectivity index (χ3v) is 1.47. The van der Waals surface area contributed by atoms with Gasteiger partial charge in [0.2, 0.25) is 0 Å². The predicted molar refractivity (Wildman–Crippen MR) is 38.6 cm³/mol. The average Bonchev–Trinajstić information content (AvgIpc) is 2.05. The number of hydrogen-bond donors (Lipinski definition) is 0. The van der Waals surface area contributed by atoms with Crippen LogP contribution in [0.25, 0.3) is 0 Å². The number of imidazole rings is 1. The van der Waals surface area contributed by atoms with Crippen LogP contribution >= 0.6 is 31.9 Å². The first kappa shape index (κ1) is 2.84. The van der Waals surface area contributed by atoms with Crippen LogP contribution in [-0.2, 0) is 6.98 Å². The lowest BCUT2D eigenvalue weighted by molar-refractivity contribution is 0.881. The van der Waals surface area contributed by atoms with Gasteiger partial charge in [-0.1, -0.05) is 0 Å². The molecule has 1 aromatic rings. The highest BCUT2D eigenvalue weighted by Crippen LogP contribution is 2.12. The molecule has 0 saturated carbocycles. The van der Waals surface area contributed by atoms with Gasteiger partial charge >= 0.3 is 0 Å². The summed E-state index contributed by atoms with van der Waals surface area (Å²) in [7, 11) is 0. The molecular formula is C4H4Br2N2. The van der Waals surface area contributed by atoms with Crippen LogP contribution in [0.5, 0.6) is 0 Å². The first-order chi connectivity index (χ1) is 5.34. The molecule has 2 nitrogen and oxygen atoms in total. The summed E-state index contributed by atoms with van der Waals surface area (Å²) in [6, 6.07) is 0. The average molecular weight is 244 g/mol. The number of halogens is 2. The van der Waals surface area contributed by atoms with Gasteiger partial charge in [0.1, 0.15) is 4.60 Å². The second kappa shape index (κ2) is 2.19. The maximum Gasteiger partial charge on any atom is 0.177 e. The standard InChI is InChI=1S/C4H4Br2N2/c1-8-2-3(5)7-4(8)6/h2H,1H3/i1D3,2D. The quantitative estimate of drug-likeness (QED) is 0.681. The van der Waals surface area contributed by atoms with Gasteiger partial charge in [-0.25, -0.2) is 4.98 Å². The fourth-order valence-corrected chi connectivity index (χ4v) is 1.14. The molecule has 0 bridgehead atoms. The van der Waals surface area contributed by atoms with Crippen LogP contribution in [-0.4, -0.2) is 9.55 Å². The van der Waals surface area contributed by atoms with E-state index in [2.05, 4.69) is 36.8 Å². The van der Waals surface area contributed by atoms with Gasteiger partial charge in [0.15, 0.2) is 4.73 Å². The fourth-order valence-electron chi connectivity index (χ4n) is 0.294. The second-order valence-corrected chi connectivity index (χ2v) is 2.58. The topological polar surface area (TPSA) is 17.8 Å². The molecule has 1 heterocycles. The summed E-state index contributed by atoms with van der Waals surface area (Å²) >= 11 is 5.91. The van der Waals surface area contributed by atoms with E-state index < -0.39 is 6.98 Å². The van der Waals surface area contributed by atoms with Crippen molar-refractivity contribution in [3.63, 3.8) is 0 Å². The molecule has 8 heavy (non-hydrogen) atoms. The Kier molecular flexibility index (Phi) is 0.775. The molecular weight excluding hydrogens is 236 g/mol. The lowest BCUT2D eigenvalue weighted by atomic mass is 10.9. The molecule has 1 aromatic heterocycles. The molecule has 0 aromatic carbocycles. The smallest absolute Gasteiger partial charge is 0.177 e. The molecule has 0 fully saturated rings. The Morgan fingerprint density at radius 1 is 2.00 bits per heavy atom. The van der Waals surface area contributed by atoms with Crippen LogP contribution in [0.2, 0.25) is 0 Å². The molecule has 0 aliphatic heterocycles. The van der Waals surface area contributed by atoms with E-state index in [1.165, 1.54) is 0 Å². The van der Waals surface area contributed by atoms with Crippen LogP contribution < -0.4 is 0 Å². The van der Waals surface area contributed by atoms with Crippen molar-refractivity contribution in [1.29, 1.82) is 0 Å². The third-order valence-electron chi connectivity index (χ3n) is 0.579. The summed E-state index contributed by atoms with van der Waals surface area (Å²) in [4.78, 5) is 3.73. The molecule has 0 N–H and O–H groups in total. The van der Waals surface area contributed by atoms with Gasteiger partial charge < -0.3 is 4.57 Å². The van der Waals surface area contributed by atoms with Crippen LogP contribution in [0.15, 0.2) is 15.5 Å². The van der Waals surface area contributed by atoms with E-state index in [1.54, 1.807) is 0 Å². The molecule has 1 rings (SSSR count). The summed E-state index contributed by atoms with van der Waals surface area (Å²) < 4.78 is 29.6. The summed E-state index contributed by atoms with van der Waals surface area (Å²) in [6.07, 6.45) is -0.165. The Labute approximate surface area is 69.8 Å². The minimum absolute atomic E-state index is 0.124. The van der Waals surface area contributed by atoms with Crippen LogP contribution in [0, 0.1) is 0 Å². The molecule has 4 heteroatoms. The molecule has 0 aliphatic rings. The molecule has 0 radical (unpaired) electrons. The maximum absolute atomic E-state index is 7.34. The number of rotatable bonds is 0. The Bertz CT molecular complexity index is 305. The highest BCUT2D eigenvalue weighted by molar-refractivity contribution is 9.11. The molecule has 0 atom stereocenters. The van der Waals surface area contributed by atoms with Gasteiger partial charge in [-0.2, -0.15) is 0 Å². The SMILES string of the molecule is [2H]c1c(Br)nc(Br)n1C([2H])([2H])[2H]. The zero-order chi connectivity index (χ0) is 9.52. The number of hydrogen-bond acceptors (Lipinski definition) is 1. The molecule has 44 valence electrons. The minimum Gasteiger partial charge on any atom is -0.328 e. The van der Waals surface area contributed by atoms with E-state index in [0.717, 1.165) is 4.57 Å². The van der Waals surface area contributed by atoms with Gasteiger partial charge in [-0.05, 0) is 31.9 Å². The van der Waals surface area contributed by atoms with Crippen molar-refractivity contribution in [2.75, 3.05) is 0 Å². The molecule has 0 spiro atoms. The van der Waals surface area contributed by atoms with Gasteiger partial charge in [0.05, 0.1) is 1.37 Å². The van der Waals surface area contributed by atoms with Crippen molar-refractivity contribution in [2.24, 2.45) is 6.98 Å². The molecule has 0 unspecified atom stereocenters. The Hall–Kier alpha value is 0.170. The first-order valence-corrected chi connectivity index (χ1v) is 3.33.